The molecule has 0 saturated carbocycles. The van der Waals surface area contributed by atoms with Gasteiger partial charge in [0.2, 0.25) is 0 Å². The van der Waals surface area contributed by atoms with Crippen molar-refractivity contribution in [2.75, 3.05) is 13.2 Å². The third-order valence-electron chi connectivity index (χ3n) is 3.92. The van der Waals surface area contributed by atoms with Crippen LogP contribution in [0.1, 0.15) is 18.3 Å². The second-order valence-corrected chi connectivity index (χ2v) is 7.38. The highest BCUT2D eigenvalue weighted by Crippen LogP contribution is 2.21. The van der Waals surface area contributed by atoms with Gasteiger partial charge in [0.15, 0.2) is 4.80 Å². The number of rotatable bonds is 6. The molecule has 0 fully saturated rings. The van der Waals surface area contributed by atoms with Crippen molar-refractivity contribution in [1.29, 1.82) is 0 Å². The number of hydrogen-bond acceptors (Lipinski definition) is 4. The first-order valence-corrected chi connectivity index (χ1v) is 9.62. The first-order valence-electron chi connectivity index (χ1n) is 8.43. The molecule has 0 N–H and O–H groups in total. The molecule has 0 bridgehead atoms. The normalized spacial score (nSPS) is 12.2. The Bertz CT molecular complexity index is 1000. The number of aromatic nitrogens is 3. The Morgan fingerprint density at radius 1 is 1.35 bits per heavy atom. The second kappa shape index (κ2) is 8.16. The maximum atomic E-state index is 12.5. The summed E-state index contributed by atoms with van der Waals surface area (Å²) in [5.41, 5.74) is 2.83. The lowest BCUT2D eigenvalue weighted by atomic mass is 10.3. The molecule has 0 saturated heterocycles. The van der Waals surface area contributed by atoms with Crippen LogP contribution in [0.15, 0.2) is 29.3 Å². The highest BCUT2D eigenvalue weighted by atomic mass is 35.5. The van der Waals surface area contributed by atoms with Gasteiger partial charge in [0, 0.05) is 23.9 Å². The summed E-state index contributed by atoms with van der Waals surface area (Å²) in [6.45, 7) is 7.75. The van der Waals surface area contributed by atoms with Crippen molar-refractivity contribution in [3.05, 3.63) is 45.5 Å². The van der Waals surface area contributed by atoms with Crippen molar-refractivity contribution in [2.45, 2.75) is 33.9 Å². The minimum Gasteiger partial charge on any atom is -0.380 e. The first kappa shape index (κ1) is 18.8. The topological polar surface area (TPSA) is 61.4 Å². The van der Waals surface area contributed by atoms with Crippen LogP contribution in [0.3, 0.4) is 0 Å². The maximum Gasteiger partial charge on any atom is 0.270 e. The highest BCUT2D eigenvalue weighted by Gasteiger charge is 2.10. The van der Waals surface area contributed by atoms with Gasteiger partial charge in [-0.2, -0.15) is 10.1 Å². The van der Waals surface area contributed by atoms with E-state index in [1.54, 1.807) is 4.68 Å². The number of thiazole rings is 1. The Kier molecular flexibility index (Phi) is 5.90. The minimum absolute atomic E-state index is 0.125. The lowest BCUT2D eigenvalue weighted by molar-refractivity contribution is -0.118. The molecule has 3 rings (SSSR count). The van der Waals surface area contributed by atoms with E-state index in [9.17, 15) is 4.79 Å². The molecule has 0 unspecified atom stereocenters. The fourth-order valence-electron chi connectivity index (χ4n) is 2.75. The van der Waals surface area contributed by atoms with Crippen LogP contribution in [0.2, 0.25) is 5.02 Å². The van der Waals surface area contributed by atoms with Crippen LogP contribution in [0, 0.1) is 13.8 Å². The summed E-state index contributed by atoms with van der Waals surface area (Å²) in [5.74, 6) is -0.237. The van der Waals surface area contributed by atoms with E-state index in [1.165, 1.54) is 11.3 Å². The molecule has 2 aromatic heterocycles. The van der Waals surface area contributed by atoms with Crippen LogP contribution in [-0.4, -0.2) is 33.5 Å². The zero-order valence-electron chi connectivity index (χ0n) is 15.0. The van der Waals surface area contributed by atoms with Crippen LogP contribution in [0.5, 0.6) is 0 Å². The van der Waals surface area contributed by atoms with Gasteiger partial charge in [0.25, 0.3) is 5.91 Å². The Hall–Kier alpha value is -1.96. The van der Waals surface area contributed by atoms with Gasteiger partial charge in [-0.3, -0.25) is 9.48 Å². The Morgan fingerprint density at radius 3 is 2.85 bits per heavy atom. The summed E-state index contributed by atoms with van der Waals surface area (Å²) in [6.07, 6.45) is 0. The number of halogens is 1. The van der Waals surface area contributed by atoms with E-state index in [0.29, 0.717) is 29.6 Å². The van der Waals surface area contributed by atoms with Crippen molar-refractivity contribution in [2.24, 2.45) is 4.99 Å². The lowest BCUT2D eigenvalue weighted by Crippen LogP contribution is -2.21. The predicted octanol–water partition coefficient (Wildman–Crippen LogP) is 3.33. The second-order valence-electron chi connectivity index (χ2n) is 5.94. The van der Waals surface area contributed by atoms with Crippen molar-refractivity contribution in [1.82, 2.24) is 14.3 Å². The minimum atomic E-state index is -0.237. The summed E-state index contributed by atoms with van der Waals surface area (Å²) in [7, 11) is 0. The molecule has 0 spiro atoms. The number of carbonyl (C=O) groups is 1. The molecular weight excluding hydrogens is 372 g/mol. The highest BCUT2D eigenvalue weighted by molar-refractivity contribution is 7.16. The molecule has 0 atom stereocenters. The van der Waals surface area contributed by atoms with Crippen molar-refractivity contribution in [3.63, 3.8) is 0 Å². The largest absolute Gasteiger partial charge is 0.380 e. The third-order valence-corrected chi connectivity index (χ3v) is 5.19. The summed E-state index contributed by atoms with van der Waals surface area (Å²) in [5, 5.41) is 4.99. The predicted molar refractivity (Wildman–Crippen MR) is 104 cm³/mol. The van der Waals surface area contributed by atoms with E-state index >= 15 is 0 Å². The van der Waals surface area contributed by atoms with Gasteiger partial charge >= 0.3 is 0 Å². The van der Waals surface area contributed by atoms with Gasteiger partial charge < -0.3 is 9.30 Å². The molecule has 3 aromatic rings. The number of amides is 1. The average Bonchev–Trinajstić information content (AvgIpc) is 3.06. The summed E-state index contributed by atoms with van der Waals surface area (Å²) >= 11 is 7.55. The fraction of sp³-hybridized carbons (Fsp3) is 0.389. The number of nitrogens with zero attached hydrogens (tertiary/aromatic N) is 4. The van der Waals surface area contributed by atoms with Gasteiger partial charge in [-0.15, -0.1) is 0 Å². The Balaban J connectivity index is 1.96. The summed E-state index contributed by atoms with van der Waals surface area (Å²) in [6, 6.07) is 7.63. The molecule has 0 aliphatic rings. The third kappa shape index (κ3) is 4.23. The summed E-state index contributed by atoms with van der Waals surface area (Å²) < 4.78 is 10.1. The van der Waals surface area contributed by atoms with E-state index < -0.39 is 0 Å². The fourth-order valence-corrected chi connectivity index (χ4v) is 4.10. The quantitative estimate of drug-likeness (QED) is 0.604. The maximum absolute atomic E-state index is 12.5. The van der Waals surface area contributed by atoms with Crippen molar-refractivity contribution < 1.29 is 9.53 Å². The smallest absolute Gasteiger partial charge is 0.270 e. The zero-order chi connectivity index (χ0) is 18.7. The number of ether oxygens (including phenoxy) is 1. The molecule has 2 heterocycles. The standard InChI is InChI=1S/C18H21ClN4O2S/c1-4-25-8-7-22-15-6-5-14(19)10-16(15)26-18(22)20-17(24)11-23-13(3)9-12(2)21-23/h5-6,9-10H,4,7-8,11H2,1-3H3. The monoisotopic (exact) mass is 392 g/mol. The van der Waals surface area contributed by atoms with Gasteiger partial charge in [-0.05, 0) is 45.0 Å². The van der Waals surface area contributed by atoms with Crippen LogP contribution in [0.4, 0.5) is 0 Å². The average molecular weight is 393 g/mol. The van der Waals surface area contributed by atoms with Crippen LogP contribution >= 0.6 is 22.9 Å². The number of benzene rings is 1. The van der Waals surface area contributed by atoms with Crippen molar-refractivity contribution in [3.8, 4) is 0 Å². The van der Waals surface area contributed by atoms with Crippen molar-refractivity contribution >= 4 is 39.1 Å². The number of fused-ring (bicyclic) bond motifs is 1. The van der Waals surface area contributed by atoms with Gasteiger partial charge in [-0.25, -0.2) is 0 Å². The van der Waals surface area contributed by atoms with Crippen LogP contribution in [0.25, 0.3) is 10.2 Å². The van der Waals surface area contributed by atoms with Gasteiger partial charge in [0.1, 0.15) is 6.54 Å². The molecular formula is C18H21ClN4O2S. The first-order chi connectivity index (χ1) is 12.5. The van der Waals surface area contributed by atoms with E-state index in [4.69, 9.17) is 16.3 Å². The zero-order valence-corrected chi connectivity index (χ0v) is 16.6. The molecule has 26 heavy (non-hydrogen) atoms. The molecule has 0 aliphatic heterocycles. The molecule has 138 valence electrons. The molecule has 6 nitrogen and oxygen atoms in total. The van der Waals surface area contributed by atoms with Gasteiger partial charge in [-0.1, -0.05) is 22.9 Å². The molecule has 0 radical (unpaired) electrons. The lowest BCUT2D eigenvalue weighted by Gasteiger charge is -2.05. The number of hydrogen-bond donors (Lipinski definition) is 0. The van der Waals surface area contributed by atoms with Crippen LogP contribution < -0.4 is 4.80 Å². The van der Waals surface area contributed by atoms with E-state index in [2.05, 4.69) is 10.1 Å². The number of carbonyl (C=O) groups excluding carboxylic acids is 1. The molecule has 1 amide bonds. The molecule has 1 aromatic carbocycles. The Morgan fingerprint density at radius 2 is 2.15 bits per heavy atom. The SMILES string of the molecule is CCOCCn1c(=NC(=O)Cn2nc(C)cc2C)sc2cc(Cl)ccc21. The van der Waals surface area contributed by atoms with E-state index in [1.807, 2.05) is 49.6 Å². The Labute approximate surface area is 160 Å². The number of aryl methyl sites for hydroxylation is 2. The molecule has 8 heteroatoms. The molecule has 0 aliphatic carbocycles. The summed E-state index contributed by atoms with van der Waals surface area (Å²) in [4.78, 5) is 17.5. The van der Waals surface area contributed by atoms with Crippen LogP contribution in [-0.2, 0) is 22.6 Å². The van der Waals surface area contributed by atoms with Gasteiger partial charge in [0.05, 0.1) is 22.5 Å². The van der Waals surface area contributed by atoms with E-state index in [0.717, 1.165) is 21.6 Å². The van der Waals surface area contributed by atoms with E-state index in [-0.39, 0.29) is 12.5 Å².